The zero-order chi connectivity index (χ0) is 9.97. The second-order valence-electron chi connectivity index (χ2n) is 2.71. The highest BCUT2D eigenvalue weighted by molar-refractivity contribution is 14.1. The normalized spacial score (nSPS) is 10.4. The van der Waals surface area contributed by atoms with Crippen LogP contribution in [0.2, 0.25) is 0 Å². The van der Waals surface area contributed by atoms with Gasteiger partial charge in [-0.2, -0.15) is 0 Å². The molecule has 0 saturated heterocycles. The van der Waals surface area contributed by atoms with E-state index in [1.54, 1.807) is 11.3 Å². The Morgan fingerprint density at radius 2 is 1.93 bits per heavy atom. The summed E-state index contributed by atoms with van der Waals surface area (Å²) in [5.41, 5.74) is 6.57. The van der Waals surface area contributed by atoms with Crippen molar-refractivity contribution in [2.45, 2.75) is 6.54 Å². The Hall–Kier alpha value is -0.530. The van der Waals surface area contributed by atoms with Crippen molar-refractivity contribution < 1.29 is 0 Å². The highest BCUT2D eigenvalue weighted by Gasteiger charge is 2.04. The van der Waals surface area contributed by atoms with E-state index in [1.165, 1.54) is 3.57 Å². The lowest BCUT2D eigenvalue weighted by Crippen LogP contribution is -1.94. The standard InChI is InChI=1S/C9H8IN3S/c10-7-3-1-6(2-4-7)9-13-12-8(5-11)14-9/h1-4H,5,11H2. The monoisotopic (exact) mass is 317 g/mol. The van der Waals surface area contributed by atoms with E-state index in [0.717, 1.165) is 15.6 Å². The van der Waals surface area contributed by atoms with Crippen molar-refractivity contribution in [2.75, 3.05) is 0 Å². The second kappa shape index (κ2) is 4.33. The molecular formula is C9H8IN3S. The Labute approximate surface area is 99.5 Å². The first-order chi connectivity index (χ1) is 6.79. The van der Waals surface area contributed by atoms with Crippen LogP contribution >= 0.6 is 33.9 Å². The van der Waals surface area contributed by atoms with Crippen LogP contribution in [0.5, 0.6) is 0 Å². The summed E-state index contributed by atoms with van der Waals surface area (Å²) in [5, 5.41) is 9.85. The summed E-state index contributed by atoms with van der Waals surface area (Å²) >= 11 is 3.82. The Morgan fingerprint density at radius 3 is 2.50 bits per heavy atom. The van der Waals surface area contributed by atoms with Crippen molar-refractivity contribution >= 4 is 33.9 Å². The van der Waals surface area contributed by atoms with Crippen LogP contribution in [0, 0.1) is 3.57 Å². The van der Waals surface area contributed by atoms with Gasteiger partial charge in [0.15, 0.2) is 0 Å². The van der Waals surface area contributed by atoms with Gasteiger partial charge in [0, 0.05) is 15.7 Å². The van der Waals surface area contributed by atoms with Gasteiger partial charge in [0.2, 0.25) is 0 Å². The lowest BCUT2D eigenvalue weighted by molar-refractivity contribution is 0.960. The minimum atomic E-state index is 0.460. The van der Waals surface area contributed by atoms with Crippen LogP contribution < -0.4 is 5.73 Å². The fraction of sp³-hybridized carbons (Fsp3) is 0.111. The van der Waals surface area contributed by atoms with Crippen molar-refractivity contribution in [1.29, 1.82) is 0 Å². The van der Waals surface area contributed by atoms with E-state index in [-0.39, 0.29) is 0 Å². The minimum Gasteiger partial charge on any atom is -0.324 e. The van der Waals surface area contributed by atoms with Crippen molar-refractivity contribution in [3.63, 3.8) is 0 Å². The maximum atomic E-state index is 5.47. The number of benzene rings is 1. The predicted molar refractivity (Wildman–Crippen MR) is 66.0 cm³/mol. The predicted octanol–water partition coefficient (Wildman–Crippen LogP) is 2.27. The summed E-state index contributed by atoms with van der Waals surface area (Å²) in [6.07, 6.45) is 0. The first kappa shape index (κ1) is 10.0. The maximum absolute atomic E-state index is 5.47. The number of halogens is 1. The zero-order valence-corrected chi connectivity index (χ0v) is 10.2. The summed E-state index contributed by atoms with van der Waals surface area (Å²) in [7, 11) is 0. The molecule has 0 fully saturated rings. The number of aromatic nitrogens is 2. The van der Waals surface area contributed by atoms with Crippen LogP contribution in [0.1, 0.15) is 5.01 Å². The van der Waals surface area contributed by atoms with E-state index in [0.29, 0.717) is 6.54 Å². The first-order valence-electron chi connectivity index (χ1n) is 4.08. The molecule has 0 aliphatic rings. The van der Waals surface area contributed by atoms with Gasteiger partial charge in [-0.3, -0.25) is 0 Å². The lowest BCUT2D eigenvalue weighted by atomic mass is 10.2. The molecular weight excluding hydrogens is 309 g/mol. The summed E-state index contributed by atoms with van der Waals surface area (Å²) in [6, 6.07) is 8.20. The largest absolute Gasteiger partial charge is 0.324 e. The van der Waals surface area contributed by atoms with Gasteiger partial charge in [-0.1, -0.05) is 23.5 Å². The Bertz CT molecular complexity index is 424. The number of nitrogens with two attached hydrogens (primary N) is 1. The van der Waals surface area contributed by atoms with Gasteiger partial charge in [0.25, 0.3) is 0 Å². The summed E-state index contributed by atoms with van der Waals surface area (Å²) < 4.78 is 1.22. The molecule has 2 N–H and O–H groups in total. The van der Waals surface area contributed by atoms with Crippen LogP contribution in [-0.4, -0.2) is 10.2 Å². The molecule has 2 rings (SSSR count). The molecule has 0 saturated carbocycles. The van der Waals surface area contributed by atoms with Gasteiger partial charge in [0.05, 0.1) is 0 Å². The molecule has 1 aromatic heterocycles. The fourth-order valence-electron chi connectivity index (χ4n) is 1.05. The van der Waals surface area contributed by atoms with E-state index in [1.807, 2.05) is 12.1 Å². The number of nitrogens with zero attached hydrogens (tertiary/aromatic N) is 2. The van der Waals surface area contributed by atoms with Crippen molar-refractivity contribution in [3.8, 4) is 10.6 Å². The molecule has 1 aromatic carbocycles. The van der Waals surface area contributed by atoms with Crippen LogP contribution in [0.15, 0.2) is 24.3 Å². The van der Waals surface area contributed by atoms with E-state index in [2.05, 4.69) is 44.9 Å². The third-order valence-corrected chi connectivity index (χ3v) is 3.45. The van der Waals surface area contributed by atoms with Crippen LogP contribution in [0.4, 0.5) is 0 Å². The fourth-order valence-corrected chi connectivity index (χ4v) is 2.13. The Morgan fingerprint density at radius 1 is 1.21 bits per heavy atom. The molecule has 0 bridgehead atoms. The molecule has 0 aliphatic carbocycles. The molecule has 3 nitrogen and oxygen atoms in total. The quantitative estimate of drug-likeness (QED) is 0.865. The number of rotatable bonds is 2. The molecule has 0 radical (unpaired) electrons. The van der Waals surface area contributed by atoms with Gasteiger partial charge >= 0.3 is 0 Å². The van der Waals surface area contributed by atoms with Crippen molar-refractivity contribution in [2.24, 2.45) is 5.73 Å². The van der Waals surface area contributed by atoms with Gasteiger partial charge in [-0.25, -0.2) is 0 Å². The SMILES string of the molecule is NCc1nnc(-c2ccc(I)cc2)s1. The van der Waals surface area contributed by atoms with E-state index in [9.17, 15) is 0 Å². The smallest absolute Gasteiger partial charge is 0.147 e. The van der Waals surface area contributed by atoms with Gasteiger partial charge in [-0.05, 0) is 34.7 Å². The summed E-state index contributed by atoms with van der Waals surface area (Å²) in [6.45, 7) is 0.460. The van der Waals surface area contributed by atoms with E-state index in [4.69, 9.17) is 5.73 Å². The average Bonchev–Trinajstić information content (AvgIpc) is 2.67. The zero-order valence-electron chi connectivity index (χ0n) is 7.27. The molecule has 5 heteroatoms. The highest BCUT2D eigenvalue weighted by atomic mass is 127. The second-order valence-corrected chi connectivity index (χ2v) is 5.02. The molecule has 14 heavy (non-hydrogen) atoms. The van der Waals surface area contributed by atoms with E-state index >= 15 is 0 Å². The molecule has 1 heterocycles. The summed E-state index contributed by atoms with van der Waals surface area (Å²) in [5.74, 6) is 0. The number of hydrogen-bond acceptors (Lipinski definition) is 4. The van der Waals surface area contributed by atoms with Crippen molar-refractivity contribution in [3.05, 3.63) is 32.8 Å². The molecule has 2 aromatic rings. The highest BCUT2D eigenvalue weighted by Crippen LogP contribution is 2.23. The Kier molecular flexibility index (Phi) is 3.09. The van der Waals surface area contributed by atoms with Crippen LogP contribution in [-0.2, 0) is 6.54 Å². The molecule has 0 atom stereocenters. The third-order valence-electron chi connectivity index (χ3n) is 1.73. The minimum absolute atomic E-state index is 0.460. The third kappa shape index (κ3) is 2.10. The first-order valence-corrected chi connectivity index (χ1v) is 5.97. The summed E-state index contributed by atoms with van der Waals surface area (Å²) in [4.78, 5) is 0. The van der Waals surface area contributed by atoms with Crippen molar-refractivity contribution in [1.82, 2.24) is 10.2 Å². The molecule has 0 aliphatic heterocycles. The molecule has 0 unspecified atom stereocenters. The number of hydrogen-bond donors (Lipinski definition) is 1. The molecule has 0 spiro atoms. The van der Waals surface area contributed by atoms with Gasteiger partial charge in [-0.15, -0.1) is 10.2 Å². The maximum Gasteiger partial charge on any atom is 0.147 e. The lowest BCUT2D eigenvalue weighted by Gasteiger charge is -1.94. The van der Waals surface area contributed by atoms with Crippen LogP contribution in [0.3, 0.4) is 0 Å². The molecule has 72 valence electrons. The Balaban J connectivity index is 2.34. The molecule has 0 amide bonds. The van der Waals surface area contributed by atoms with Gasteiger partial charge in [0.1, 0.15) is 10.0 Å². The van der Waals surface area contributed by atoms with Crippen LogP contribution in [0.25, 0.3) is 10.6 Å². The topological polar surface area (TPSA) is 51.8 Å². The average molecular weight is 317 g/mol. The van der Waals surface area contributed by atoms with E-state index < -0.39 is 0 Å². The van der Waals surface area contributed by atoms with Gasteiger partial charge < -0.3 is 5.73 Å².